The third-order valence-electron chi connectivity index (χ3n) is 3.26. The number of nitrogens with zero attached hydrogens (tertiary/aromatic N) is 3. The zero-order valence-electron chi connectivity index (χ0n) is 10.9. The van der Waals surface area contributed by atoms with Gasteiger partial charge in [-0.15, -0.1) is 11.7 Å². The molecule has 0 aromatic carbocycles. The lowest BCUT2D eigenvalue weighted by Crippen LogP contribution is -2.29. The largest absolute Gasteiger partial charge is 0.317 e. The third kappa shape index (κ3) is 3.26. The Labute approximate surface area is 107 Å². The Morgan fingerprint density at radius 1 is 1.50 bits per heavy atom. The Kier molecular flexibility index (Phi) is 4.25. The van der Waals surface area contributed by atoms with Gasteiger partial charge in [0.1, 0.15) is 5.69 Å². The molecule has 1 aliphatic heterocycles. The molecule has 1 fully saturated rings. The molecule has 0 radical (unpaired) electrons. The van der Waals surface area contributed by atoms with Gasteiger partial charge >= 0.3 is 0 Å². The van der Waals surface area contributed by atoms with E-state index in [4.69, 9.17) is 0 Å². The van der Waals surface area contributed by atoms with E-state index in [2.05, 4.69) is 22.2 Å². The fourth-order valence-corrected chi connectivity index (χ4v) is 2.11. The lowest BCUT2D eigenvalue weighted by Gasteiger charge is -2.22. The Hall–Kier alpha value is -1.49. The van der Waals surface area contributed by atoms with Crippen LogP contribution in [0.3, 0.4) is 0 Å². The first-order valence-electron chi connectivity index (χ1n) is 6.47. The van der Waals surface area contributed by atoms with Gasteiger partial charge in [0.05, 0.1) is 12.2 Å². The standard InChI is InChI=1S/C13H20N4O/c1-10(2)3-4-13(18)12-9-17(16-15-12)11-5-7-14-8-6-11/h9,11,14H,1,3-8H2,2H3. The molecule has 5 heteroatoms. The first-order valence-corrected chi connectivity index (χ1v) is 6.47. The van der Waals surface area contributed by atoms with E-state index >= 15 is 0 Å². The van der Waals surface area contributed by atoms with Gasteiger partial charge in [0.15, 0.2) is 5.78 Å². The third-order valence-corrected chi connectivity index (χ3v) is 3.26. The van der Waals surface area contributed by atoms with Crippen molar-refractivity contribution in [2.24, 2.45) is 0 Å². The van der Waals surface area contributed by atoms with Gasteiger partial charge in [-0.2, -0.15) is 0 Å². The van der Waals surface area contributed by atoms with E-state index < -0.39 is 0 Å². The SMILES string of the molecule is C=C(C)CCC(=O)c1cn(C2CCNCC2)nn1. The van der Waals surface area contributed by atoms with Crippen molar-refractivity contribution >= 4 is 5.78 Å². The molecule has 18 heavy (non-hydrogen) atoms. The van der Waals surface area contributed by atoms with E-state index in [1.54, 1.807) is 6.20 Å². The Bertz CT molecular complexity index is 432. The summed E-state index contributed by atoms with van der Waals surface area (Å²) in [5, 5.41) is 11.4. The van der Waals surface area contributed by atoms with Crippen LogP contribution in [0.15, 0.2) is 18.3 Å². The second-order valence-corrected chi connectivity index (χ2v) is 4.95. The number of ketones is 1. The van der Waals surface area contributed by atoms with Crippen LogP contribution in [0.25, 0.3) is 0 Å². The van der Waals surface area contributed by atoms with E-state index in [0.29, 0.717) is 18.2 Å². The summed E-state index contributed by atoms with van der Waals surface area (Å²) in [4.78, 5) is 11.9. The number of carbonyl (C=O) groups is 1. The Morgan fingerprint density at radius 3 is 2.89 bits per heavy atom. The van der Waals surface area contributed by atoms with Gasteiger partial charge in [0.25, 0.3) is 0 Å². The van der Waals surface area contributed by atoms with Gasteiger partial charge in [-0.25, -0.2) is 4.68 Å². The molecule has 1 aromatic heterocycles. The van der Waals surface area contributed by atoms with Crippen LogP contribution in [0.5, 0.6) is 0 Å². The molecular formula is C13H20N4O. The van der Waals surface area contributed by atoms with Gasteiger partial charge in [-0.3, -0.25) is 4.79 Å². The predicted octanol–water partition coefficient (Wildman–Crippen LogP) is 1.74. The molecule has 5 nitrogen and oxygen atoms in total. The Balaban J connectivity index is 1.96. The molecule has 0 bridgehead atoms. The Morgan fingerprint density at radius 2 is 2.22 bits per heavy atom. The van der Waals surface area contributed by atoms with Crippen molar-refractivity contribution in [2.45, 2.75) is 38.6 Å². The van der Waals surface area contributed by atoms with E-state index in [1.165, 1.54) is 0 Å². The summed E-state index contributed by atoms with van der Waals surface area (Å²) >= 11 is 0. The molecule has 0 unspecified atom stereocenters. The number of hydrogen-bond donors (Lipinski definition) is 1. The fourth-order valence-electron chi connectivity index (χ4n) is 2.11. The molecule has 0 saturated carbocycles. The molecule has 1 saturated heterocycles. The van der Waals surface area contributed by atoms with Gasteiger partial charge in [-0.05, 0) is 39.3 Å². The molecule has 1 N–H and O–H groups in total. The van der Waals surface area contributed by atoms with E-state index in [1.807, 2.05) is 11.6 Å². The number of rotatable bonds is 5. The highest BCUT2D eigenvalue weighted by Crippen LogP contribution is 2.17. The van der Waals surface area contributed by atoms with Crippen LogP contribution in [0.1, 0.15) is 49.1 Å². The molecule has 0 spiro atoms. The quantitative estimate of drug-likeness (QED) is 0.637. The number of aromatic nitrogens is 3. The van der Waals surface area contributed by atoms with E-state index in [9.17, 15) is 4.79 Å². The predicted molar refractivity (Wildman–Crippen MR) is 69.5 cm³/mol. The number of allylic oxidation sites excluding steroid dienone is 1. The topological polar surface area (TPSA) is 59.8 Å². The minimum Gasteiger partial charge on any atom is -0.317 e. The molecule has 1 aromatic rings. The van der Waals surface area contributed by atoms with Crippen molar-refractivity contribution in [3.63, 3.8) is 0 Å². The van der Waals surface area contributed by atoms with Crippen molar-refractivity contribution in [3.05, 3.63) is 24.0 Å². The van der Waals surface area contributed by atoms with Crippen molar-refractivity contribution in [1.82, 2.24) is 20.3 Å². The smallest absolute Gasteiger partial charge is 0.185 e. The van der Waals surface area contributed by atoms with Crippen molar-refractivity contribution in [3.8, 4) is 0 Å². The first kappa shape index (κ1) is 13.0. The maximum Gasteiger partial charge on any atom is 0.185 e. The van der Waals surface area contributed by atoms with Crippen molar-refractivity contribution < 1.29 is 4.79 Å². The molecule has 2 rings (SSSR count). The highest BCUT2D eigenvalue weighted by atomic mass is 16.1. The van der Waals surface area contributed by atoms with Gasteiger partial charge in [0, 0.05) is 6.42 Å². The van der Waals surface area contributed by atoms with E-state index in [-0.39, 0.29) is 5.78 Å². The lowest BCUT2D eigenvalue weighted by atomic mass is 10.1. The summed E-state index contributed by atoms with van der Waals surface area (Å²) in [6.07, 6.45) is 5.07. The fraction of sp³-hybridized carbons (Fsp3) is 0.615. The van der Waals surface area contributed by atoms with Crippen LogP contribution in [-0.4, -0.2) is 33.9 Å². The van der Waals surface area contributed by atoms with Crippen LogP contribution < -0.4 is 5.32 Å². The minimum atomic E-state index is 0.0539. The van der Waals surface area contributed by atoms with Crippen molar-refractivity contribution in [1.29, 1.82) is 0 Å². The molecule has 98 valence electrons. The van der Waals surface area contributed by atoms with Crippen LogP contribution in [0.4, 0.5) is 0 Å². The van der Waals surface area contributed by atoms with Crippen LogP contribution in [-0.2, 0) is 0 Å². The summed E-state index contributed by atoms with van der Waals surface area (Å²) in [6.45, 7) is 7.74. The summed E-state index contributed by atoms with van der Waals surface area (Å²) < 4.78 is 1.84. The zero-order chi connectivity index (χ0) is 13.0. The molecular weight excluding hydrogens is 228 g/mol. The zero-order valence-corrected chi connectivity index (χ0v) is 10.9. The van der Waals surface area contributed by atoms with E-state index in [0.717, 1.165) is 37.9 Å². The highest BCUT2D eigenvalue weighted by molar-refractivity contribution is 5.93. The van der Waals surface area contributed by atoms with Crippen LogP contribution in [0, 0.1) is 0 Å². The lowest BCUT2D eigenvalue weighted by molar-refractivity contribution is 0.0978. The van der Waals surface area contributed by atoms with Crippen LogP contribution >= 0.6 is 0 Å². The number of carbonyl (C=O) groups excluding carboxylic acids is 1. The summed E-state index contributed by atoms with van der Waals surface area (Å²) in [7, 11) is 0. The van der Waals surface area contributed by atoms with Gasteiger partial charge in [-0.1, -0.05) is 10.8 Å². The second kappa shape index (κ2) is 5.91. The normalized spacial score (nSPS) is 16.7. The summed E-state index contributed by atoms with van der Waals surface area (Å²) in [5.74, 6) is 0.0539. The summed E-state index contributed by atoms with van der Waals surface area (Å²) in [5.41, 5.74) is 1.50. The number of piperidine rings is 1. The molecule has 1 aliphatic rings. The van der Waals surface area contributed by atoms with Gasteiger partial charge < -0.3 is 5.32 Å². The molecule has 2 heterocycles. The average Bonchev–Trinajstić information content (AvgIpc) is 2.86. The number of nitrogens with one attached hydrogen (secondary N) is 1. The number of hydrogen-bond acceptors (Lipinski definition) is 4. The number of Topliss-reactive ketones (excluding diaryl/α,β-unsaturated/α-hetero) is 1. The van der Waals surface area contributed by atoms with Crippen LogP contribution in [0.2, 0.25) is 0 Å². The molecule has 0 atom stereocenters. The average molecular weight is 248 g/mol. The first-order chi connectivity index (χ1) is 8.66. The molecule has 0 amide bonds. The monoisotopic (exact) mass is 248 g/mol. The second-order valence-electron chi connectivity index (χ2n) is 4.95. The minimum absolute atomic E-state index is 0.0539. The molecule has 0 aliphatic carbocycles. The highest BCUT2D eigenvalue weighted by Gasteiger charge is 2.18. The van der Waals surface area contributed by atoms with Crippen molar-refractivity contribution in [2.75, 3.05) is 13.1 Å². The van der Waals surface area contributed by atoms with Gasteiger partial charge in [0.2, 0.25) is 0 Å². The summed E-state index contributed by atoms with van der Waals surface area (Å²) in [6, 6.07) is 0.376. The maximum atomic E-state index is 11.9. The maximum absolute atomic E-state index is 11.9.